The molecular weight excluding hydrogens is 228 g/mol. The smallest absolute Gasteiger partial charge is 0.224 e. The zero-order valence-corrected chi connectivity index (χ0v) is 11.6. The van der Waals surface area contributed by atoms with Crippen molar-refractivity contribution in [3.8, 4) is 0 Å². The Morgan fingerprint density at radius 2 is 2.06 bits per heavy atom. The second-order valence-electron chi connectivity index (χ2n) is 5.66. The number of nitrogens with one attached hydrogen (secondary N) is 1. The summed E-state index contributed by atoms with van der Waals surface area (Å²) in [5.74, 6) is -0.0212. The van der Waals surface area contributed by atoms with Gasteiger partial charge in [-0.05, 0) is 19.3 Å². The van der Waals surface area contributed by atoms with E-state index in [0.29, 0.717) is 13.1 Å². The molecule has 0 saturated heterocycles. The Balaban J connectivity index is 2.43. The second kappa shape index (κ2) is 7.74. The van der Waals surface area contributed by atoms with Crippen molar-refractivity contribution in [1.29, 1.82) is 0 Å². The molecule has 1 rings (SSSR count). The molecule has 1 fully saturated rings. The number of rotatable bonds is 7. The summed E-state index contributed by atoms with van der Waals surface area (Å²) in [5, 5.41) is 12.6. The summed E-state index contributed by atoms with van der Waals surface area (Å²) in [7, 11) is 0. The van der Waals surface area contributed by atoms with E-state index in [1.165, 1.54) is 6.42 Å². The van der Waals surface area contributed by atoms with E-state index in [1.807, 2.05) is 0 Å². The molecule has 4 nitrogen and oxygen atoms in total. The number of carbonyl (C=O) groups is 1. The molecule has 0 spiro atoms. The van der Waals surface area contributed by atoms with Gasteiger partial charge in [-0.2, -0.15) is 0 Å². The Morgan fingerprint density at radius 3 is 2.56 bits per heavy atom. The summed E-state index contributed by atoms with van der Waals surface area (Å²) in [4.78, 5) is 12.0. The fraction of sp³-hybridized carbons (Fsp3) is 0.929. The number of amides is 1. The van der Waals surface area contributed by atoms with Crippen LogP contribution in [0.1, 0.15) is 51.9 Å². The number of aliphatic hydroxyl groups excluding tert-OH is 1. The molecule has 1 saturated carbocycles. The molecule has 106 valence electrons. The van der Waals surface area contributed by atoms with Crippen molar-refractivity contribution in [2.75, 3.05) is 19.7 Å². The Morgan fingerprint density at radius 1 is 1.39 bits per heavy atom. The molecule has 0 aromatic carbocycles. The number of carbonyl (C=O) groups excluding carboxylic acids is 1. The van der Waals surface area contributed by atoms with Gasteiger partial charge in [-0.1, -0.05) is 32.6 Å². The van der Waals surface area contributed by atoms with Crippen LogP contribution in [-0.2, 0) is 4.79 Å². The highest BCUT2D eigenvalue weighted by Crippen LogP contribution is 2.35. The van der Waals surface area contributed by atoms with Gasteiger partial charge in [0.1, 0.15) is 0 Å². The topological polar surface area (TPSA) is 75.4 Å². The highest BCUT2D eigenvalue weighted by molar-refractivity contribution is 5.78. The second-order valence-corrected chi connectivity index (χ2v) is 5.66. The molecule has 0 aromatic rings. The van der Waals surface area contributed by atoms with Gasteiger partial charge in [0, 0.05) is 18.5 Å². The fourth-order valence-electron chi connectivity index (χ4n) is 2.82. The van der Waals surface area contributed by atoms with Crippen molar-refractivity contribution in [2.45, 2.75) is 51.9 Å². The maximum absolute atomic E-state index is 12.0. The monoisotopic (exact) mass is 256 g/mol. The van der Waals surface area contributed by atoms with Crippen LogP contribution in [0.2, 0.25) is 0 Å². The van der Waals surface area contributed by atoms with Gasteiger partial charge in [-0.3, -0.25) is 4.79 Å². The van der Waals surface area contributed by atoms with E-state index in [2.05, 4.69) is 12.2 Å². The van der Waals surface area contributed by atoms with E-state index in [-0.39, 0.29) is 23.8 Å². The molecule has 0 radical (unpaired) electrons. The quantitative estimate of drug-likeness (QED) is 0.645. The number of nitrogens with two attached hydrogens (primary N) is 1. The molecular formula is C14H28N2O2. The van der Waals surface area contributed by atoms with Crippen molar-refractivity contribution in [3.05, 3.63) is 0 Å². The van der Waals surface area contributed by atoms with E-state index in [1.54, 1.807) is 0 Å². The van der Waals surface area contributed by atoms with E-state index < -0.39 is 0 Å². The number of hydrogen-bond donors (Lipinski definition) is 3. The summed E-state index contributed by atoms with van der Waals surface area (Å²) in [6.07, 6.45) is 7.42. The first-order valence-corrected chi connectivity index (χ1v) is 7.26. The van der Waals surface area contributed by atoms with Crippen LogP contribution < -0.4 is 11.1 Å². The molecule has 0 bridgehead atoms. The predicted octanol–water partition coefficient (Wildman–Crippen LogP) is 1.42. The van der Waals surface area contributed by atoms with Gasteiger partial charge in [0.05, 0.1) is 12.5 Å². The zero-order chi connectivity index (χ0) is 13.4. The van der Waals surface area contributed by atoms with Gasteiger partial charge < -0.3 is 16.2 Å². The molecule has 0 aliphatic heterocycles. The SMILES string of the molecule is CCCC(CN)C(=O)NCC1(CO)CCCCC1. The lowest BCUT2D eigenvalue weighted by Gasteiger charge is -2.36. The Hall–Kier alpha value is -0.610. The van der Waals surface area contributed by atoms with Crippen molar-refractivity contribution in [3.63, 3.8) is 0 Å². The largest absolute Gasteiger partial charge is 0.396 e. The molecule has 1 aliphatic carbocycles. The minimum Gasteiger partial charge on any atom is -0.396 e. The van der Waals surface area contributed by atoms with Crippen LogP contribution in [-0.4, -0.2) is 30.7 Å². The van der Waals surface area contributed by atoms with Gasteiger partial charge in [-0.15, -0.1) is 0 Å². The summed E-state index contributed by atoms with van der Waals surface area (Å²) < 4.78 is 0. The van der Waals surface area contributed by atoms with Crippen molar-refractivity contribution < 1.29 is 9.90 Å². The normalized spacial score (nSPS) is 20.4. The lowest BCUT2D eigenvalue weighted by molar-refractivity contribution is -0.125. The summed E-state index contributed by atoms with van der Waals surface area (Å²) in [6, 6.07) is 0. The van der Waals surface area contributed by atoms with Gasteiger partial charge in [-0.25, -0.2) is 0 Å². The third kappa shape index (κ3) is 4.25. The third-order valence-corrected chi connectivity index (χ3v) is 4.18. The Kier molecular flexibility index (Phi) is 6.65. The highest BCUT2D eigenvalue weighted by Gasteiger charge is 2.32. The van der Waals surface area contributed by atoms with Crippen molar-refractivity contribution in [2.24, 2.45) is 17.1 Å². The van der Waals surface area contributed by atoms with Gasteiger partial charge in [0.2, 0.25) is 5.91 Å². The first-order valence-electron chi connectivity index (χ1n) is 7.26. The molecule has 0 heterocycles. The molecule has 4 heteroatoms. The zero-order valence-electron chi connectivity index (χ0n) is 11.6. The maximum atomic E-state index is 12.0. The van der Waals surface area contributed by atoms with Crippen LogP contribution in [0.3, 0.4) is 0 Å². The van der Waals surface area contributed by atoms with Crippen LogP contribution in [0, 0.1) is 11.3 Å². The van der Waals surface area contributed by atoms with Crippen LogP contribution in [0.4, 0.5) is 0 Å². The number of aliphatic hydroxyl groups is 1. The lowest BCUT2D eigenvalue weighted by atomic mass is 9.74. The van der Waals surface area contributed by atoms with Gasteiger partial charge >= 0.3 is 0 Å². The Bertz CT molecular complexity index is 250. The predicted molar refractivity (Wildman–Crippen MR) is 73.1 cm³/mol. The minimum absolute atomic E-state index is 0.0535. The molecule has 0 aromatic heterocycles. The van der Waals surface area contributed by atoms with Gasteiger partial charge in [0.15, 0.2) is 0 Å². The van der Waals surface area contributed by atoms with Crippen molar-refractivity contribution >= 4 is 5.91 Å². The molecule has 18 heavy (non-hydrogen) atoms. The highest BCUT2D eigenvalue weighted by atomic mass is 16.3. The first-order chi connectivity index (χ1) is 8.67. The van der Waals surface area contributed by atoms with E-state index >= 15 is 0 Å². The fourth-order valence-corrected chi connectivity index (χ4v) is 2.82. The standard InChI is InChI=1S/C14H28N2O2/c1-2-6-12(9-15)13(18)16-10-14(11-17)7-4-3-5-8-14/h12,17H,2-11,15H2,1H3,(H,16,18). The van der Waals surface area contributed by atoms with Crippen LogP contribution in [0.5, 0.6) is 0 Å². The van der Waals surface area contributed by atoms with Crippen LogP contribution in [0.25, 0.3) is 0 Å². The van der Waals surface area contributed by atoms with E-state index in [4.69, 9.17) is 5.73 Å². The molecule has 4 N–H and O–H groups in total. The molecule has 1 unspecified atom stereocenters. The maximum Gasteiger partial charge on any atom is 0.224 e. The first kappa shape index (κ1) is 15.4. The van der Waals surface area contributed by atoms with E-state index in [0.717, 1.165) is 38.5 Å². The molecule has 1 aliphatic rings. The molecule has 1 atom stereocenters. The Labute approximate surface area is 110 Å². The van der Waals surface area contributed by atoms with E-state index in [9.17, 15) is 9.90 Å². The summed E-state index contributed by atoms with van der Waals surface area (Å²) in [6.45, 7) is 3.25. The lowest BCUT2D eigenvalue weighted by Crippen LogP contribution is -2.44. The summed E-state index contributed by atoms with van der Waals surface area (Å²) >= 11 is 0. The summed E-state index contributed by atoms with van der Waals surface area (Å²) in [5.41, 5.74) is 5.54. The molecule has 1 amide bonds. The van der Waals surface area contributed by atoms with Crippen molar-refractivity contribution in [1.82, 2.24) is 5.32 Å². The van der Waals surface area contributed by atoms with Gasteiger partial charge in [0.25, 0.3) is 0 Å². The average Bonchev–Trinajstić information content (AvgIpc) is 2.43. The number of hydrogen-bond acceptors (Lipinski definition) is 3. The average molecular weight is 256 g/mol. The third-order valence-electron chi connectivity index (χ3n) is 4.18. The van der Waals surface area contributed by atoms with Crippen LogP contribution >= 0.6 is 0 Å². The van der Waals surface area contributed by atoms with Crippen LogP contribution in [0.15, 0.2) is 0 Å². The minimum atomic E-state index is -0.0841.